The highest BCUT2D eigenvalue weighted by Gasteiger charge is 2.54. The van der Waals surface area contributed by atoms with Gasteiger partial charge < -0.3 is 14.7 Å². The second kappa shape index (κ2) is 9.20. The largest absolute Gasteiger partial charge is 0.463 e. The molecule has 160 valence electrons. The van der Waals surface area contributed by atoms with Crippen molar-refractivity contribution in [3.8, 4) is 0 Å². The number of aliphatic hydroxyl groups is 1. The molecule has 0 unspecified atom stereocenters. The third-order valence-electron chi connectivity index (χ3n) is 6.34. The number of ether oxygens (including phenoxy) is 1. The molecule has 0 spiro atoms. The summed E-state index contributed by atoms with van der Waals surface area (Å²) in [7, 11) is 0. The monoisotopic (exact) mass is 408 g/mol. The molecule has 3 rings (SSSR count). The molecule has 1 aliphatic carbocycles. The van der Waals surface area contributed by atoms with Crippen LogP contribution in [-0.4, -0.2) is 47.9 Å². The number of esters is 1. The summed E-state index contributed by atoms with van der Waals surface area (Å²) >= 11 is 0. The number of nitrogens with zero attached hydrogens (tertiary/aromatic N) is 1. The number of benzene rings is 1. The molecule has 1 aliphatic heterocycles. The Morgan fingerprint density at radius 2 is 1.97 bits per heavy atom. The molecule has 1 aromatic rings. The van der Waals surface area contributed by atoms with Crippen LogP contribution in [0.25, 0.3) is 0 Å². The minimum Gasteiger partial charge on any atom is -0.463 e. The second-order valence-electron chi connectivity index (χ2n) is 8.31. The van der Waals surface area contributed by atoms with E-state index < -0.39 is 29.8 Å². The van der Waals surface area contributed by atoms with Crippen LogP contribution in [0, 0.1) is 17.2 Å². The van der Waals surface area contributed by atoms with E-state index in [1.54, 1.807) is 30.3 Å². The Kier molecular flexibility index (Phi) is 6.88. The Morgan fingerprint density at radius 3 is 2.55 bits per heavy atom. The lowest BCUT2D eigenvalue weighted by atomic mass is 9.80. The summed E-state index contributed by atoms with van der Waals surface area (Å²) < 4.78 is 33.0. The number of carbonyl (C=O) groups is 1. The van der Waals surface area contributed by atoms with Crippen molar-refractivity contribution in [1.82, 2.24) is 4.90 Å². The van der Waals surface area contributed by atoms with Crippen molar-refractivity contribution in [2.45, 2.75) is 56.5 Å². The van der Waals surface area contributed by atoms with E-state index in [1.165, 1.54) is 6.34 Å². The zero-order valence-corrected chi connectivity index (χ0v) is 16.7. The molecule has 0 bridgehead atoms. The smallest absolute Gasteiger partial charge is 0.343 e. The number of hydrogen-bond acceptors (Lipinski definition) is 4. The lowest BCUT2D eigenvalue weighted by molar-refractivity contribution is -0.175. The minimum absolute atomic E-state index is 0.0824. The summed E-state index contributed by atoms with van der Waals surface area (Å²) in [6.07, 6.45) is 4.21. The summed E-state index contributed by atoms with van der Waals surface area (Å²) in [5, 5.41) is 18.5. The van der Waals surface area contributed by atoms with Gasteiger partial charge in [0.05, 0.1) is 12.9 Å². The molecule has 1 saturated carbocycles. The fourth-order valence-corrected chi connectivity index (χ4v) is 4.54. The fourth-order valence-electron chi connectivity index (χ4n) is 4.54. The molecule has 29 heavy (non-hydrogen) atoms. The van der Waals surface area contributed by atoms with Gasteiger partial charge in [0.15, 0.2) is 5.60 Å². The van der Waals surface area contributed by atoms with Crippen LogP contribution in [0.2, 0.25) is 0 Å². The van der Waals surface area contributed by atoms with E-state index >= 15 is 0 Å². The maximum Gasteiger partial charge on any atom is 0.343 e. The molecular formula is C22H30F2N2O3. The zero-order valence-electron chi connectivity index (χ0n) is 16.7. The molecule has 5 nitrogen and oxygen atoms in total. The molecule has 0 radical (unpaired) electrons. The van der Waals surface area contributed by atoms with Crippen molar-refractivity contribution < 1.29 is 23.4 Å². The quantitative estimate of drug-likeness (QED) is 0.296. The van der Waals surface area contributed by atoms with Crippen molar-refractivity contribution in [3.05, 3.63) is 35.9 Å². The number of hydrogen-bond donors (Lipinski definition) is 2. The van der Waals surface area contributed by atoms with E-state index in [0.29, 0.717) is 17.9 Å². The average molecular weight is 408 g/mol. The molecule has 1 heterocycles. The van der Waals surface area contributed by atoms with Gasteiger partial charge in [0.2, 0.25) is 5.92 Å². The number of halogens is 2. The van der Waals surface area contributed by atoms with Crippen molar-refractivity contribution in [3.63, 3.8) is 0 Å². The molecule has 1 saturated heterocycles. The van der Waals surface area contributed by atoms with E-state index in [-0.39, 0.29) is 19.4 Å². The predicted octanol–water partition coefficient (Wildman–Crippen LogP) is 3.95. The van der Waals surface area contributed by atoms with Gasteiger partial charge in [-0.2, -0.15) is 0 Å². The van der Waals surface area contributed by atoms with Crippen LogP contribution >= 0.6 is 0 Å². The molecule has 2 fully saturated rings. The van der Waals surface area contributed by atoms with Crippen molar-refractivity contribution in [1.29, 1.82) is 5.41 Å². The topological polar surface area (TPSA) is 73.6 Å². The maximum absolute atomic E-state index is 13.8. The van der Waals surface area contributed by atoms with Gasteiger partial charge in [-0.1, -0.05) is 30.3 Å². The first-order valence-electron chi connectivity index (χ1n) is 10.4. The number of rotatable bonds is 8. The number of piperidine rings is 1. The number of alkyl halides is 2. The fraction of sp³-hybridized carbons (Fsp3) is 0.636. The highest BCUT2D eigenvalue weighted by atomic mass is 19.3. The van der Waals surface area contributed by atoms with Crippen LogP contribution in [-0.2, 0) is 15.1 Å². The average Bonchev–Trinajstić information content (AvgIpc) is 3.11. The Morgan fingerprint density at radius 1 is 1.28 bits per heavy atom. The van der Waals surface area contributed by atoms with Crippen LogP contribution in [0.3, 0.4) is 0 Å². The third-order valence-corrected chi connectivity index (χ3v) is 6.34. The van der Waals surface area contributed by atoms with E-state index in [1.807, 2.05) is 4.90 Å². The molecule has 0 amide bonds. The molecule has 7 heteroatoms. The van der Waals surface area contributed by atoms with Crippen molar-refractivity contribution in [2.24, 2.45) is 11.8 Å². The third kappa shape index (κ3) is 5.13. The molecule has 2 atom stereocenters. The van der Waals surface area contributed by atoms with Gasteiger partial charge in [-0.25, -0.2) is 13.6 Å². The first-order chi connectivity index (χ1) is 13.8. The molecular weight excluding hydrogens is 378 g/mol. The van der Waals surface area contributed by atoms with Crippen molar-refractivity contribution >= 4 is 12.3 Å². The van der Waals surface area contributed by atoms with Crippen LogP contribution in [0.15, 0.2) is 30.3 Å². The molecule has 2 aliphatic rings. The summed E-state index contributed by atoms with van der Waals surface area (Å²) in [5.74, 6) is -4.02. The number of carbonyl (C=O) groups excluding carboxylic acids is 1. The SMILES string of the molecule is N=CN1CCC(CCCOC(=O)[C@](O)(c2ccccc2)[C@@H]2CCC(F)(F)C2)CC1. The standard InChI is InChI=1S/C22H30F2N2O3/c23-21(24)11-8-19(15-21)22(28,18-6-2-1-3-7-18)20(27)29-14-4-5-17-9-12-26(16-25)13-10-17/h1-3,6-7,16-17,19,25,28H,4-5,8-15H2/t19-,22+/m1/s1. The van der Waals surface area contributed by atoms with E-state index in [4.69, 9.17) is 10.1 Å². The summed E-state index contributed by atoms with van der Waals surface area (Å²) in [6.45, 7) is 1.91. The Hall–Kier alpha value is -2.02. The van der Waals surface area contributed by atoms with Crippen LogP contribution in [0.1, 0.15) is 50.5 Å². The zero-order chi connectivity index (χ0) is 20.9. The first-order valence-corrected chi connectivity index (χ1v) is 10.4. The van der Waals surface area contributed by atoms with Crippen LogP contribution in [0.5, 0.6) is 0 Å². The van der Waals surface area contributed by atoms with Gasteiger partial charge >= 0.3 is 5.97 Å². The summed E-state index contributed by atoms with van der Waals surface area (Å²) in [4.78, 5) is 14.8. The Balaban J connectivity index is 1.57. The second-order valence-corrected chi connectivity index (χ2v) is 8.31. The highest BCUT2D eigenvalue weighted by Crippen LogP contribution is 2.47. The summed E-state index contributed by atoms with van der Waals surface area (Å²) in [5.41, 5.74) is -1.73. The lowest BCUT2D eigenvalue weighted by Gasteiger charge is -2.32. The van der Waals surface area contributed by atoms with Gasteiger partial charge in [-0.05, 0) is 43.6 Å². The van der Waals surface area contributed by atoms with Gasteiger partial charge in [0.25, 0.3) is 0 Å². The van der Waals surface area contributed by atoms with E-state index in [9.17, 15) is 18.7 Å². The van der Waals surface area contributed by atoms with Gasteiger partial charge in [0, 0.05) is 31.8 Å². The van der Waals surface area contributed by atoms with Crippen LogP contribution < -0.4 is 0 Å². The van der Waals surface area contributed by atoms with Crippen molar-refractivity contribution in [2.75, 3.05) is 19.7 Å². The molecule has 1 aromatic carbocycles. The Labute approximate surface area is 170 Å². The Bertz CT molecular complexity index is 693. The van der Waals surface area contributed by atoms with E-state index in [2.05, 4.69) is 0 Å². The van der Waals surface area contributed by atoms with Gasteiger partial charge in [-0.15, -0.1) is 0 Å². The molecule has 2 N–H and O–H groups in total. The number of nitrogens with one attached hydrogen (secondary N) is 1. The predicted molar refractivity (Wildman–Crippen MR) is 106 cm³/mol. The van der Waals surface area contributed by atoms with Gasteiger partial charge in [0.1, 0.15) is 0 Å². The maximum atomic E-state index is 13.8. The summed E-state index contributed by atoms with van der Waals surface area (Å²) in [6, 6.07) is 8.30. The van der Waals surface area contributed by atoms with Gasteiger partial charge in [-0.3, -0.25) is 5.41 Å². The minimum atomic E-state index is -2.86. The molecule has 0 aromatic heterocycles. The van der Waals surface area contributed by atoms with E-state index in [0.717, 1.165) is 32.4 Å². The first kappa shape index (κ1) is 21.7. The number of likely N-dealkylation sites (tertiary alicyclic amines) is 1. The highest BCUT2D eigenvalue weighted by molar-refractivity contribution is 5.81. The normalized spacial score (nSPS) is 24.1. The lowest BCUT2D eigenvalue weighted by Crippen LogP contribution is -2.44. The van der Waals surface area contributed by atoms with Crippen LogP contribution in [0.4, 0.5) is 8.78 Å².